The number of nitrogens with zero attached hydrogens (tertiary/aromatic N) is 2. The molecule has 1 N–H and O–H groups in total. The van der Waals surface area contributed by atoms with Gasteiger partial charge >= 0.3 is 5.97 Å². The van der Waals surface area contributed by atoms with Crippen LogP contribution in [0.1, 0.15) is 35.7 Å². The molecule has 0 aliphatic heterocycles. The van der Waals surface area contributed by atoms with Gasteiger partial charge in [0.25, 0.3) is 5.22 Å². The highest BCUT2D eigenvalue weighted by atomic mass is 32.2. The Balaban J connectivity index is 1.51. The van der Waals surface area contributed by atoms with Crippen molar-refractivity contribution in [1.82, 2.24) is 10.2 Å². The summed E-state index contributed by atoms with van der Waals surface area (Å²) >= 11 is 1.15. The van der Waals surface area contributed by atoms with Gasteiger partial charge in [-0.1, -0.05) is 48.2 Å². The highest BCUT2D eigenvalue weighted by molar-refractivity contribution is 7.99. The van der Waals surface area contributed by atoms with E-state index >= 15 is 0 Å². The van der Waals surface area contributed by atoms with E-state index in [1.165, 1.54) is 0 Å². The average Bonchev–Trinajstić information content (AvgIpc) is 3.14. The Morgan fingerprint density at radius 1 is 1.10 bits per heavy atom. The minimum atomic E-state index is -0.428. The van der Waals surface area contributed by atoms with E-state index in [9.17, 15) is 9.59 Å². The molecule has 0 unspecified atom stereocenters. The third-order valence-electron chi connectivity index (χ3n) is 3.70. The number of anilines is 1. The first-order valence-electron chi connectivity index (χ1n) is 9.09. The lowest BCUT2D eigenvalue weighted by atomic mass is 10.2. The minimum absolute atomic E-state index is 0.105. The smallest absolute Gasteiger partial charge is 0.338 e. The van der Waals surface area contributed by atoms with Gasteiger partial charge in [-0.3, -0.25) is 4.79 Å². The van der Waals surface area contributed by atoms with E-state index in [2.05, 4.69) is 15.5 Å². The number of esters is 1. The summed E-state index contributed by atoms with van der Waals surface area (Å²) in [7, 11) is 0. The van der Waals surface area contributed by atoms with Gasteiger partial charge in [-0.2, -0.15) is 0 Å². The molecule has 8 heteroatoms. The summed E-state index contributed by atoms with van der Waals surface area (Å²) in [5.74, 6) is -0.0712. The fourth-order valence-electron chi connectivity index (χ4n) is 2.47. The molecule has 0 aliphatic rings. The van der Waals surface area contributed by atoms with Gasteiger partial charge in [0.15, 0.2) is 0 Å². The van der Waals surface area contributed by atoms with Gasteiger partial charge in [-0.15, -0.1) is 10.2 Å². The summed E-state index contributed by atoms with van der Waals surface area (Å²) in [5, 5.41) is 11.1. The Kier molecular flexibility index (Phi) is 7.02. The molecule has 2 aromatic carbocycles. The summed E-state index contributed by atoms with van der Waals surface area (Å²) in [5.41, 5.74) is 1.97. The normalized spacial score (nSPS) is 10.7. The Bertz CT molecular complexity index is 973. The van der Waals surface area contributed by atoms with Crippen LogP contribution in [0.2, 0.25) is 0 Å². The highest BCUT2D eigenvalue weighted by Crippen LogP contribution is 2.19. The summed E-state index contributed by atoms with van der Waals surface area (Å²) in [6, 6.07) is 16.4. The van der Waals surface area contributed by atoms with Gasteiger partial charge in [-0.25, -0.2) is 4.79 Å². The molecule has 0 aliphatic carbocycles. The third kappa shape index (κ3) is 6.46. The maximum absolute atomic E-state index is 12.2. The van der Waals surface area contributed by atoms with Crippen LogP contribution in [0, 0.1) is 0 Å². The van der Waals surface area contributed by atoms with Crippen molar-refractivity contribution in [2.24, 2.45) is 0 Å². The van der Waals surface area contributed by atoms with Crippen molar-refractivity contribution in [1.29, 1.82) is 0 Å². The summed E-state index contributed by atoms with van der Waals surface area (Å²) in [4.78, 5) is 24.2. The molecule has 7 nitrogen and oxygen atoms in total. The number of hydrogen-bond acceptors (Lipinski definition) is 7. The second kappa shape index (κ2) is 9.88. The van der Waals surface area contributed by atoms with Gasteiger partial charge < -0.3 is 14.5 Å². The predicted molar refractivity (Wildman–Crippen MR) is 110 cm³/mol. The third-order valence-corrected chi connectivity index (χ3v) is 4.52. The van der Waals surface area contributed by atoms with Crippen molar-refractivity contribution in [2.75, 3.05) is 11.1 Å². The van der Waals surface area contributed by atoms with E-state index in [1.54, 1.807) is 38.1 Å². The molecule has 0 atom stereocenters. The molecule has 1 aromatic heterocycles. The van der Waals surface area contributed by atoms with Gasteiger partial charge in [0.2, 0.25) is 11.8 Å². The number of aromatic nitrogens is 2. The molecule has 150 valence electrons. The molecular formula is C21H21N3O4S. The van der Waals surface area contributed by atoms with Crippen LogP contribution in [-0.2, 0) is 16.0 Å². The lowest BCUT2D eigenvalue weighted by Gasteiger charge is -2.09. The number of amides is 1. The van der Waals surface area contributed by atoms with Crippen molar-refractivity contribution < 1.29 is 18.7 Å². The minimum Gasteiger partial charge on any atom is -0.459 e. The van der Waals surface area contributed by atoms with Crippen LogP contribution in [0.3, 0.4) is 0 Å². The van der Waals surface area contributed by atoms with Crippen LogP contribution in [0.15, 0.2) is 64.2 Å². The number of ether oxygens (including phenoxy) is 1. The number of hydrogen-bond donors (Lipinski definition) is 1. The molecule has 0 spiro atoms. The Hall–Kier alpha value is -3.13. The number of carbonyl (C=O) groups excluding carboxylic acids is 2. The summed E-state index contributed by atoms with van der Waals surface area (Å²) < 4.78 is 10.7. The Morgan fingerprint density at radius 3 is 2.66 bits per heavy atom. The van der Waals surface area contributed by atoms with Crippen molar-refractivity contribution in [3.05, 3.63) is 71.6 Å². The molecule has 1 amide bonds. The molecule has 0 saturated carbocycles. The van der Waals surface area contributed by atoms with Crippen LogP contribution >= 0.6 is 11.8 Å². The molecule has 0 radical (unpaired) electrons. The quantitative estimate of drug-likeness (QED) is 0.443. The SMILES string of the molecule is CC(C)OC(=O)c1cccc(NC(=O)CSc2nnc(Cc3ccccc3)o2)c1. The zero-order valence-electron chi connectivity index (χ0n) is 16.1. The lowest BCUT2D eigenvalue weighted by Crippen LogP contribution is -2.15. The molecule has 3 aromatic rings. The van der Waals surface area contributed by atoms with Gasteiger partial charge in [0.05, 0.1) is 23.8 Å². The Labute approximate surface area is 172 Å². The van der Waals surface area contributed by atoms with Crippen LogP contribution in [-0.4, -0.2) is 33.9 Å². The van der Waals surface area contributed by atoms with Crippen LogP contribution in [0.5, 0.6) is 0 Å². The first-order chi connectivity index (χ1) is 14.0. The monoisotopic (exact) mass is 411 g/mol. The molecule has 0 bridgehead atoms. The number of carbonyl (C=O) groups is 2. The second-order valence-corrected chi connectivity index (χ2v) is 7.42. The van der Waals surface area contributed by atoms with Crippen LogP contribution in [0.4, 0.5) is 5.69 Å². The maximum atomic E-state index is 12.2. The maximum Gasteiger partial charge on any atom is 0.338 e. The first kappa shape index (κ1) is 20.6. The molecule has 1 heterocycles. The standard InChI is InChI=1S/C21H21N3O4S/c1-14(2)27-20(26)16-9-6-10-17(12-16)22-18(25)13-29-21-24-23-19(28-21)11-15-7-4-3-5-8-15/h3-10,12,14H,11,13H2,1-2H3,(H,22,25). The molecular weight excluding hydrogens is 390 g/mol. The van der Waals surface area contributed by atoms with Gasteiger partial charge in [-0.05, 0) is 37.6 Å². The van der Waals surface area contributed by atoms with Crippen molar-refractivity contribution in [3.63, 3.8) is 0 Å². The van der Waals surface area contributed by atoms with Crippen molar-refractivity contribution >= 4 is 29.3 Å². The number of benzene rings is 2. The molecule has 0 saturated heterocycles. The molecule has 3 rings (SSSR count). The van der Waals surface area contributed by atoms with E-state index in [0.29, 0.717) is 28.8 Å². The number of thioether (sulfide) groups is 1. The van der Waals surface area contributed by atoms with Crippen molar-refractivity contribution in [3.8, 4) is 0 Å². The zero-order chi connectivity index (χ0) is 20.6. The van der Waals surface area contributed by atoms with E-state index in [-0.39, 0.29) is 17.8 Å². The number of nitrogens with one attached hydrogen (secondary N) is 1. The van der Waals surface area contributed by atoms with E-state index in [4.69, 9.17) is 9.15 Å². The predicted octanol–water partition coefficient (Wildman–Crippen LogP) is 3.96. The fraction of sp³-hybridized carbons (Fsp3) is 0.238. The van der Waals surface area contributed by atoms with E-state index < -0.39 is 5.97 Å². The topological polar surface area (TPSA) is 94.3 Å². The highest BCUT2D eigenvalue weighted by Gasteiger charge is 2.13. The van der Waals surface area contributed by atoms with E-state index in [1.807, 2.05) is 30.3 Å². The average molecular weight is 411 g/mol. The lowest BCUT2D eigenvalue weighted by molar-refractivity contribution is -0.113. The molecule has 0 fully saturated rings. The Morgan fingerprint density at radius 2 is 1.90 bits per heavy atom. The van der Waals surface area contributed by atoms with Crippen LogP contribution in [0.25, 0.3) is 0 Å². The summed E-state index contributed by atoms with van der Waals surface area (Å²) in [6.07, 6.45) is 0.332. The first-order valence-corrected chi connectivity index (χ1v) is 10.1. The fourth-order valence-corrected chi connectivity index (χ4v) is 3.05. The van der Waals surface area contributed by atoms with Crippen LogP contribution < -0.4 is 5.32 Å². The van der Waals surface area contributed by atoms with E-state index in [0.717, 1.165) is 17.3 Å². The summed E-state index contributed by atoms with van der Waals surface area (Å²) in [6.45, 7) is 3.56. The van der Waals surface area contributed by atoms with Gasteiger partial charge in [0.1, 0.15) is 0 Å². The van der Waals surface area contributed by atoms with Crippen molar-refractivity contribution in [2.45, 2.75) is 31.6 Å². The largest absolute Gasteiger partial charge is 0.459 e. The zero-order valence-corrected chi connectivity index (χ0v) is 16.9. The second-order valence-electron chi connectivity index (χ2n) is 6.50. The van der Waals surface area contributed by atoms with Gasteiger partial charge in [0, 0.05) is 5.69 Å². The molecule has 29 heavy (non-hydrogen) atoms. The number of rotatable bonds is 8.